The number of carbonyl (C=O) groups is 3. The summed E-state index contributed by atoms with van der Waals surface area (Å²) in [5.41, 5.74) is 0. The highest BCUT2D eigenvalue weighted by molar-refractivity contribution is 5.90. The van der Waals surface area contributed by atoms with Crippen molar-refractivity contribution in [3.05, 3.63) is 0 Å². The summed E-state index contributed by atoms with van der Waals surface area (Å²) in [6.07, 6.45) is 5.54. The van der Waals surface area contributed by atoms with Gasteiger partial charge < -0.3 is 14.9 Å². The van der Waals surface area contributed by atoms with E-state index in [2.05, 4.69) is 0 Å². The van der Waals surface area contributed by atoms with Crippen LogP contribution in [-0.4, -0.2) is 58.4 Å². The van der Waals surface area contributed by atoms with Gasteiger partial charge in [0.05, 0.1) is 0 Å². The fourth-order valence-electron chi connectivity index (χ4n) is 4.36. The monoisotopic (exact) mass is 308 g/mol. The number of hydrogen-bond acceptors (Lipinski definition) is 3. The Morgan fingerprint density at radius 3 is 2.59 bits per heavy atom. The van der Waals surface area contributed by atoms with Gasteiger partial charge in [0.1, 0.15) is 6.04 Å². The molecule has 2 saturated heterocycles. The molecule has 0 spiro atoms. The number of rotatable bonds is 2. The van der Waals surface area contributed by atoms with Crippen molar-refractivity contribution in [2.75, 3.05) is 13.6 Å². The summed E-state index contributed by atoms with van der Waals surface area (Å²) in [5.74, 6) is -1.05. The second kappa shape index (κ2) is 5.89. The summed E-state index contributed by atoms with van der Waals surface area (Å²) in [6.45, 7) is 0.578. The zero-order valence-corrected chi connectivity index (χ0v) is 13.0. The maximum absolute atomic E-state index is 12.9. The van der Waals surface area contributed by atoms with E-state index in [9.17, 15) is 19.5 Å². The van der Waals surface area contributed by atoms with Crippen LogP contribution in [0.1, 0.15) is 44.9 Å². The largest absolute Gasteiger partial charge is 0.480 e. The Morgan fingerprint density at radius 2 is 1.91 bits per heavy atom. The lowest BCUT2D eigenvalue weighted by Crippen LogP contribution is -2.51. The molecule has 2 heterocycles. The van der Waals surface area contributed by atoms with E-state index in [4.69, 9.17) is 0 Å². The highest BCUT2D eigenvalue weighted by Crippen LogP contribution is 2.41. The lowest BCUT2D eigenvalue weighted by molar-refractivity contribution is -0.154. The third-order valence-corrected chi connectivity index (χ3v) is 5.64. The average molecular weight is 308 g/mol. The number of carboxylic acids is 1. The smallest absolute Gasteiger partial charge is 0.326 e. The van der Waals surface area contributed by atoms with Crippen LogP contribution in [0, 0.1) is 11.8 Å². The summed E-state index contributed by atoms with van der Waals surface area (Å²) in [5, 5.41) is 9.50. The molecular weight excluding hydrogens is 284 g/mol. The Morgan fingerprint density at radius 1 is 1.18 bits per heavy atom. The summed E-state index contributed by atoms with van der Waals surface area (Å²) < 4.78 is 0. The molecule has 122 valence electrons. The van der Waals surface area contributed by atoms with E-state index in [0.717, 1.165) is 25.7 Å². The van der Waals surface area contributed by atoms with E-state index in [1.165, 1.54) is 0 Å². The van der Waals surface area contributed by atoms with E-state index in [0.29, 0.717) is 25.3 Å². The minimum Gasteiger partial charge on any atom is -0.480 e. The van der Waals surface area contributed by atoms with Crippen molar-refractivity contribution in [2.24, 2.45) is 11.8 Å². The minimum absolute atomic E-state index is 0.0177. The Hall–Kier alpha value is -1.59. The van der Waals surface area contributed by atoms with E-state index in [1.807, 2.05) is 0 Å². The number of amides is 2. The molecule has 4 atom stereocenters. The molecule has 1 aliphatic carbocycles. The molecular formula is C16H24N2O4. The Balaban J connectivity index is 1.79. The van der Waals surface area contributed by atoms with Crippen LogP contribution < -0.4 is 0 Å². The van der Waals surface area contributed by atoms with Crippen molar-refractivity contribution in [2.45, 2.75) is 57.0 Å². The fraction of sp³-hybridized carbons (Fsp3) is 0.812. The van der Waals surface area contributed by atoms with Crippen LogP contribution in [0.25, 0.3) is 0 Å². The van der Waals surface area contributed by atoms with Crippen molar-refractivity contribution < 1.29 is 19.5 Å². The van der Waals surface area contributed by atoms with Gasteiger partial charge in [0.2, 0.25) is 11.8 Å². The van der Waals surface area contributed by atoms with Gasteiger partial charge in [-0.25, -0.2) is 4.79 Å². The lowest BCUT2D eigenvalue weighted by Gasteiger charge is -2.37. The molecule has 22 heavy (non-hydrogen) atoms. The lowest BCUT2D eigenvalue weighted by atomic mass is 9.84. The van der Waals surface area contributed by atoms with Gasteiger partial charge in [0.15, 0.2) is 0 Å². The van der Waals surface area contributed by atoms with Gasteiger partial charge in [0.25, 0.3) is 0 Å². The van der Waals surface area contributed by atoms with Crippen molar-refractivity contribution >= 4 is 17.8 Å². The van der Waals surface area contributed by atoms with Gasteiger partial charge in [-0.1, -0.05) is 12.8 Å². The van der Waals surface area contributed by atoms with Gasteiger partial charge in [-0.05, 0) is 31.6 Å². The van der Waals surface area contributed by atoms with E-state index in [1.54, 1.807) is 16.8 Å². The molecule has 0 radical (unpaired) electrons. The summed E-state index contributed by atoms with van der Waals surface area (Å²) in [6, 6.07) is -0.632. The number of nitrogens with zero attached hydrogens (tertiary/aromatic N) is 2. The van der Waals surface area contributed by atoms with E-state index >= 15 is 0 Å². The van der Waals surface area contributed by atoms with Crippen LogP contribution in [0.5, 0.6) is 0 Å². The van der Waals surface area contributed by atoms with Gasteiger partial charge in [-0.15, -0.1) is 0 Å². The first-order valence-electron chi connectivity index (χ1n) is 8.28. The molecule has 6 nitrogen and oxygen atoms in total. The van der Waals surface area contributed by atoms with Gasteiger partial charge >= 0.3 is 5.97 Å². The van der Waals surface area contributed by atoms with Crippen LogP contribution in [-0.2, 0) is 14.4 Å². The molecule has 3 fully saturated rings. The molecule has 6 heteroatoms. The molecule has 2 amide bonds. The molecule has 0 aromatic rings. The third-order valence-electron chi connectivity index (χ3n) is 5.64. The molecule has 0 aromatic carbocycles. The maximum Gasteiger partial charge on any atom is 0.326 e. The van der Waals surface area contributed by atoms with Crippen LogP contribution in [0.15, 0.2) is 0 Å². The molecule has 1 saturated carbocycles. The number of likely N-dealkylation sites (tertiary alicyclic amines) is 2. The highest BCUT2D eigenvalue weighted by atomic mass is 16.4. The van der Waals surface area contributed by atoms with Crippen LogP contribution >= 0.6 is 0 Å². The molecule has 0 bridgehead atoms. The molecule has 2 aliphatic heterocycles. The summed E-state index contributed by atoms with van der Waals surface area (Å²) >= 11 is 0. The first-order valence-corrected chi connectivity index (χ1v) is 8.28. The topological polar surface area (TPSA) is 77.9 Å². The summed E-state index contributed by atoms with van der Waals surface area (Å²) in [7, 11) is 1.75. The molecule has 4 unspecified atom stereocenters. The van der Waals surface area contributed by atoms with E-state index in [-0.39, 0.29) is 30.2 Å². The Kier molecular flexibility index (Phi) is 4.10. The second-order valence-corrected chi connectivity index (χ2v) is 6.95. The number of hydrogen-bond donors (Lipinski definition) is 1. The predicted octanol–water partition coefficient (Wildman–Crippen LogP) is 1.10. The van der Waals surface area contributed by atoms with Gasteiger partial charge in [-0.3, -0.25) is 9.59 Å². The van der Waals surface area contributed by atoms with Crippen LogP contribution in [0.4, 0.5) is 0 Å². The summed E-state index contributed by atoms with van der Waals surface area (Å²) in [4.78, 5) is 39.6. The van der Waals surface area contributed by atoms with Crippen LogP contribution in [0.3, 0.4) is 0 Å². The van der Waals surface area contributed by atoms with Crippen molar-refractivity contribution in [3.8, 4) is 0 Å². The SMILES string of the molecule is CN1CCC(C(=O)N2C(C(=O)O)CC3CCCCC32)CC1=O. The fourth-order valence-corrected chi connectivity index (χ4v) is 4.36. The molecule has 0 aromatic heterocycles. The zero-order valence-electron chi connectivity index (χ0n) is 13.0. The first-order chi connectivity index (χ1) is 10.5. The van der Waals surface area contributed by atoms with Gasteiger partial charge in [0, 0.05) is 32.0 Å². The number of carboxylic acid groups (broad SMARTS) is 1. The molecule has 1 N–H and O–H groups in total. The number of aliphatic carboxylic acids is 1. The molecule has 3 rings (SSSR count). The normalized spacial score (nSPS) is 35.4. The number of piperidine rings is 1. The van der Waals surface area contributed by atoms with Crippen molar-refractivity contribution in [3.63, 3.8) is 0 Å². The molecule has 3 aliphatic rings. The first kappa shape index (κ1) is 15.3. The Labute approximate surface area is 130 Å². The quantitative estimate of drug-likeness (QED) is 0.828. The maximum atomic E-state index is 12.9. The Bertz CT molecular complexity index is 493. The third kappa shape index (κ3) is 2.59. The standard InChI is InChI=1S/C16H24N2O4/c1-17-7-6-11(9-14(17)19)15(20)18-12-5-3-2-4-10(12)8-13(18)16(21)22/h10-13H,2-9H2,1H3,(H,21,22). The number of fused-ring (bicyclic) bond motifs is 1. The van der Waals surface area contributed by atoms with Crippen molar-refractivity contribution in [1.29, 1.82) is 0 Å². The van der Waals surface area contributed by atoms with Gasteiger partial charge in [-0.2, -0.15) is 0 Å². The minimum atomic E-state index is -0.901. The average Bonchev–Trinajstić information content (AvgIpc) is 2.89. The van der Waals surface area contributed by atoms with Crippen LogP contribution in [0.2, 0.25) is 0 Å². The zero-order chi connectivity index (χ0) is 15.9. The predicted molar refractivity (Wildman–Crippen MR) is 79.0 cm³/mol. The second-order valence-electron chi connectivity index (χ2n) is 6.95. The van der Waals surface area contributed by atoms with Crippen molar-refractivity contribution in [1.82, 2.24) is 9.80 Å². The van der Waals surface area contributed by atoms with E-state index < -0.39 is 12.0 Å². The highest BCUT2D eigenvalue weighted by Gasteiger charge is 2.49. The number of carbonyl (C=O) groups excluding carboxylic acids is 2.